The number of aromatic nitrogens is 3. The molecule has 0 spiro atoms. The molecule has 0 bridgehead atoms. The van der Waals surface area contributed by atoms with E-state index in [-0.39, 0.29) is 30.3 Å². The average molecular weight is 597 g/mol. The van der Waals surface area contributed by atoms with E-state index in [1.807, 2.05) is 74.6 Å². The summed E-state index contributed by atoms with van der Waals surface area (Å²) in [5.74, 6) is 0.605. The second-order valence-electron chi connectivity index (χ2n) is 11.2. The van der Waals surface area contributed by atoms with Gasteiger partial charge < -0.3 is 20.5 Å². The summed E-state index contributed by atoms with van der Waals surface area (Å²) in [5, 5.41) is 20.6. The first-order valence-electron chi connectivity index (χ1n) is 14.5. The van der Waals surface area contributed by atoms with E-state index >= 15 is 0 Å². The Bertz CT molecular complexity index is 1740. The van der Waals surface area contributed by atoms with E-state index in [1.54, 1.807) is 23.8 Å². The first-order valence-corrected chi connectivity index (χ1v) is 14.5. The van der Waals surface area contributed by atoms with Crippen molar-refractivity contribution < 1.29 is 19.0 Å². The summed E-state index contributed by atoms with van der Waals surface area (Å²) in [6.45, 7) is 7.70. The molecule has 9 nitrogen and oxygen atoms in total. The van der Waals surface area contributed by atoms with E-state index < -0.39 is 0 Å². The molecule has 3 aromatic carbocycles. The molecule has 2 aromatic heterocycles. The van der Waals surface area contributed by atoms with Gasteiger partial charge in [-0.05, 0) is 85.6 Å². The molecule has 0 aliphatic heterocycles. The normalized spacial score (nSPS) is 11.6. The van der Waals surface area contributed by atoms with Crippen molar-refractivity contribution in [1.82, 2.24) is 19.5 Å². The fourth-order valence-corrected chi connectivity index (χ4v) is 4.98. The van der Waals surface area contributed by atoms with Crippen molar-refractivity contribution in [3.8, 4) is 16.9 Å². The fourth-order valence-electron chi connectivity index (χ4n) is 4.98. The molecule has 0 aliphatic rings. The third-order valence-corrected chi connectivity index (χ3v) is 7.62. The van der Waals surface area contributed by atoms with Crippen LogP contribution in [0.1, 0.15) is 31.9 Å². The van der Waals surface area contributed by atoms with Crippen molar-refractivity contribution in [2.24, 2.45) is 0 Å². The quantitative estimate of drug-likeness (QED) is 0.161. The van der Waals surface area contributed by atoms with Crippen molar-refractivity contribution in [1.29, 1.82) is 0 Å². The van der Waals surface area contributed by atoms with Gasteiger partial charge in [-0.15, -0.1) is 5.10 Å². The van der Waals surface area contributed by atoms with Crippen molar-refractivity contribution >= 4 is 28.9 Å². The Kier molecular flexibility index (Phi) is 9.22. The Balaban J connectivity index is 1.26. The second kappa shape index (κ2) is 13.2. The van der Waals surface area contributed by atoms with Crippen LogP contribution in [0.5, 0.6) is 5.75 Å². The van der Waals surface area contributed by atoms with Gasteiger partial charge in [0.15, 0.2) is 5.65 Å². The molecule has 0 radical (unpaired) electrons. The molecule has 44 heavy (non-hydrogen) atoms. The van der Waals surface area contributed by atoms with Gasteiger partial charge in [-0.3, -0.25) is 9.69 Å². The Hall–Kier alpha value is -4.80. The first kappa shape index (κ1) is 30.7. The monoisotopic (exact) mass is 596 g/mol. The zero-order chi connectivity index (χ0) is 31.3. The number of rotatable bonds is 12. The molecule has 5 aromatic rings. The number of nitrogens with zero attached hydrogens (tertiary/aromatic N) is 4. The topological polar surface area (TPSA) is 104 Å². The number of carbonyl (C=O) groups is 1. The van der Waals surface area contributed by atoms with Crippen molar-refractivity contribution in [2.75, 3.05) is 30.9 Å². The molecule has 10 heteroatoms. The molecule has 0 fully saturated rings. The fraction of sp³-hybridized carbons (Fsp3) is 0.265. The van der Waals surface area contributed by atoms with Gasteiger partial charge in [0.2, 0.25) is 11.9 Å². The lowest BCUT2D eigenvalue weighted by atomic mass is 10.0. The zero-order valence-electron chi connectivity index (χ0n) is 25.3. The van der Waals surface area contributed by atoms with Crippen LogP contribution >= 0.6 is 0 Å². The number of hydrogen-bond acceptors (Lipinski definition) is 7. The van der Waals surface area contributed by atoms with Crippen molar-refractivity contribution in [2.45, 2.75) is 39.3 Å². The van der Waals surface area contributed by atoms with E-state index in [9.17, 15) is 14.3 Å². The Morgan fingerprint density at radius 2 is 1.70 bits per heavy atom. The van der Waals surface area contributed by atoms with Gasteiger partial charge in [-0.1, -0.05) is 37.3 Å². The Morgan fingerprint density at radius 3 is 2.39 bits per heavy atom. The number of nitrogens with one attached hydrogen (secondary N) is 2. The number of benzene rings is 3. The maximum absolute atomic E-state index is 13.1. The lowest BCUT2D eigenvalue weighted by Gasteiger charge is -2.36. The zero-order valence-corrected chi connectivity index (χ0v) is 25.3. The van der Waals surface area contributed by atoms with Crippen LogP contribution in [-0.2, 0) is 17.8 Å². The molecule has 3 N–H and O–H groups in total. The van der Waals surface area contributed by atoms with Crippen LogP contribution in [-0.4, -0.2) is 56.3 Å². The molecular weight excluding hydrogens is 559 g/mol. The molecule has 0 aliphatic carbocycles. The number of hydrogen-bond donors (Lipinski definition) is 3. The van der Waals surface area contributed by atoms with E-state index in [0.29, 0.717) is 29.6 Å². The standard InChI is InChI=1S/C34H37FN6O3/c1-5-40(34(2,3)22-42)20-24-8-16-29(30(18-24)44-4)37-33-38-31-17-11-26(21-41(31)39-33)25-9-14-28(15-10-25)36-32(43)19-23-6-12-27(35)13-7-23/h6-18,21,42H,5,19-20,22H2,1-4H3,(H,36,43)(H,37,39). The van der Waals surface area contributed by atoms with Gasteiger partial charge in [-0.25, -0.2) is 8.91 Å². The molecular formula is C34H37FN6O3. The smallest absolute Gasteiger partial charge is 0.247 e. The van der Waals surface area contributed by atoms with Crippen LogP contribution in [0.25, 0.3) is 16.8 Å². The number of likely N-dealkylation sites (N-methyl/N-ethyl adjacent to an activating group) is 1. The molecule has 1 amide bonds. The van der Waals surface area contributed by atoms with E-state index in [0.717, 1.165) is 34.5 Å². The maximum atomic E-state index is 13.1. The molecule has 228 valence electrons. The van der Waals surface area contributed by atoms with Gasteiger partial charge in [0, 0.05) is 29.5 Å². The summed E-state index contributed by atoms with van der Waals surface area (Å²) in [6.07, 6.45) is 2.07. The van der Waals surface area contributed by atoms with Crippen LogP contribution < -0.4 is 15.4 Å². The molecule has 0 atom stereocenters. The minimum atomic E-state index is -0.331. The number of halogens is 1. The third kappa shape index (κ3) is 7.21. The largest absolute Gasteiger partial charge is 0.495 e. The van der Waals surface area contributed by atoms with Crippen LogP contribution in [0, 0.1) is 5.82 Å². The predicted octanol–water partition coefficient (Wildman–Crippen LogP) is 6.06. The number of pyridine rings is 1. The number of aliphatic hydroxyl groups is 1. The summed E-state index contributed by atoms with van der Waals surface area (Å²) >= 11 is 0. The summed E-state index contributed by atoms with van der Waals surface area (Å²) < 4.78 is 20.5. The molecule has 0 saturated carbocycles. The highest BCUT2D eigenvalue weighted by Gasteiger charge is 2.25. The summed E-state index contributed by atoms with van der Waals surface area (Å²) in [6, 6.07) is 23.3. The van der Waals surface area contributed by atoms with Gasteiger partial charge in [-0.2, -0.15) is 4.98 Å². The summed E-state index contributed by atoms with van der Waals surface area (Å²) in [4.78, 5) is 19.2. The number of anilines is 3. The highest BCUT2D eigenvalue weighted by molar-refractivity contribution is 5.92. The van der Waals surface area contributed by atoms with Gasteiger partial charge in [0.05, 0.1) is 25.8 Å². The van der Waals surface area contributed by atoms with Crippen LogP contribution in [0.3, 0.4) is 0 Å². The Labute approximate surface area is 256 Å². The average Bonchev–Trinajstić information content (AvgIpc) is 3.43. The summed E-state index contributed by atoms with van der Waals surface area (Å²) in [5.41, 5.74) is 5.48. The Morgan fingerprint density at radius 1 is 1.00 bits per heavy atom. The lowest BCUT2D eigenvalue weighted by molar-refractivity contribution is -0.115. The number of carbonyl (C=O) groups excluding carboxylic acids is 1. The van der Waals surface area contributed by atoms with Crippen molar-refractivity contribution in [3.05, 3.63) is 102 Å². The molecule has 0 unspecified atom stereocenters. The van der Waals surface area contributed by atoms with Gasteiger partial charge in [0.1, 0.15) is 11.6 Å². The number of methoxy groups -OCH3 is 1. The third-order valence-electron chi connectivity index (χ3n) is 7.62. The summed E-state index contributed by atoms with van der Waals surface area (Å²) in [7, 11) is 1.63. The number of aliphatic hydroxyl groups excluding tert-OH is 1. The maximum Gasteiger partial charge on any atom is 0.247 e. The second-order valence-corrected chi connectivity index (χ2v) is 11.2. The van der Waals surface area contributed by atoms with Gasteiger partial charge >= 0.3 is 0 Å². The number of ether oxygens (including phenoxy) is 1. The minimum absolute atomic E-state index is 0.0719. The van der Waals surface area contributed by atoms with Crippen LogP contribution in [0.2, 0.25) is 0 Å². The molecule has 5 rings (SSSR count). The molecule has 0 saturated heterocycles. The van der Waals surface area contributed by atoms with Crippen LogP contribution in [0.15, 0.2) is 85.1 Å². The van der Waals surface area contributed by atoms with E-state index in [4.69, 9.17) is 4.74 Å². The highest BCUT2D eigenvalue weighted by atomic mass is 19.1. The highest BCUT2D eigenvalue weighted by Crippen LogP contribution is 2.30. The van der Waals surface area contributed by atoms with E-state index in [2.05, 4.69) is 32.5 Å². The lowest BCUT2D eigenvalue weighted by Crippen LogP contribution is -2.46. The number of fused-ring (bicyclic) bond motifs is 1. The van der Waals surface area contributed by atoms with Gasteiger partial charge in [0.25, 0.3) is 0 Å². The predicted molar refractivity (Wildman–Crippen MR) is 171 cm³/mol. The SMILES string of the molecule is CCN(Cc1ccc(Nc2nc3ccc(-c4ccc(NC(=O)Cc5ccc(F)cc5)cc4)cn3n2)c(OC)c1)C(C)(C)CO. The number of amides is 1. The van der Waals surface area contributed by atoms with E-state index in [1.165, 1.54) is 12.1 Å². The van der Waals surface area contributed by atoms with Crippen LogP contribution in [0.4, 0.5) is 21.7 Å². The molecule has 2 heterocycles. The minimum Gasteiger partial charge on any atom is -0.495 e. The van der Waals surface area contributed by atoms with Crippen molar-refractivity contribution in [3.63, 3.8) is 0 Å². The first-order chi connectivity index (χ1) is 21.2.